The monoisotopic (exact) mass is 294 g/mol. The minimum Gasteiger partial charge on any atom is -0.561 e. The molecule has 0 bridgehead atoms. The molecule has 0 radical (unpaired) electrons. The fourth-order valence-corrected chi connectivity index (χ4v) is 2.02. The lowest BCUT2D eigenvalue weighted by Gasteiger charge is -2.08. The Bertz CT molecular complexity index is 692. The quantitative estimate of drug-likeness (QED) is 0.669. The number of carbonyl (C=O) groups is 1. The van der Waals surface area contributed by atoms with E-state index in [0.29, 0.717) is 17.2 Å². The molecular formula is C13H12NO5S-. The second kappa shape index (κ2) is 5.79. The van der Waals surface area contributed by atoms with Gasteiger partial charge in [-0.15, -0.1) is 10.7 Å². The van der Waals surface area contributed by atoms with E-state index in [4.69, 9.17) is 13.7 Å². The normalized spacial score (nSPS) is 10.7. The van der Waals surface area contributed by atoms with Gasteiger partial charge in [-0.1, -0.05) is 0 Å². The highest BCUT2D eigenvalue weighted by Crippen LogP contribution is 2.26. The summed E-state index contributed by atoms with van der Waals surface area (Å²) >= 11 is 0. The summed E-state index contributed by atoms with van der Waals surface area (Å²) in [6, 6.07) is 6.66. The zero-order valence-corrected chi connectivity index (χ0v) is 11.5. The molecule has 0 fully saturated rings. The second-order valence-corrected chi connectivity index (χ2v) is 4.78. The highest BCUT2D eigenvalue weighted by molar-refractivity contribution is 7.77. The Kier molecular flexibility index (Phi) is 4.09. The number of hydrogen-bond acceptors (Lipinski definition) is 6. The van der Waals surface area contributed by atoms with Gasteiger partial charge in [0.2, 0.25) is 5.89 Å². The molecule has 0 atom stereocenters. The van der Waals surface area contributed by atoms with Crippen LogP contribution in [0, 0.1) is 6.92 Å². The van der Waals surface area contributed by atoms with Crippen LogP contribution in [0.1, 0.15) is 11.6 Å². The molecule has 1 aromatic heterocycles. The number of oxazole rings is 1. The molecule has 7 heteroatoms. The summed E-state index contributed by atoms with van der Waals surface area (Å²) in [5.74, 6) is 3.31. The molecule has 0 unspecified atom stereocenters. The molecule has 6 nitrogen and oxygen atoms in total. The Balaban J connectivity index is 2.27. The third-order valence-corrected chi connectivity index (χ3v) is 2.83. The van der Waals surface area contributed by atoms with Gasteiger partial charge in [-0.3, -0.25) is 4.79 Å². The number of carboxylic acid groups (broad SMARTS) is 1. The maximum atomic E-state index is 10.8. The number of aliphatic carboxylic acids is 1. The highest BCUT2D eigenvalue weighted by Gasteiger charge is 2.13. The van der Waals surface area contributed by atoms with Crippen molar-refractivity contribution < 1.29 is 22.7 Å². The fraction of sp³-hybridized carbons (Fsp3) is 0.154. The van der Waals surface area contributed by atoms with Gasteiger partial charge in [0.1, 0.15) is 6.42 Å². The van der Waals surface area contributed by atoms with Crippen LogP contribution in [-0.2, 0) is 26.1 Å². The van der Waals surface area contributed by atoms with Gasteiger partial charge in [0.25, 0.3) is 0 Å². The van der Waals surface area contributed by atoms with Crippen LogP contribution in [0.5, 0.6) is 5.75 Å². The molecule has 0 aliphatic carbocycles. The smallest absolute Gasteiger partial charge is 0.312 e. The Morgan fingerprint density at radius 2 is 2.10 bits per heavy atom. The molecular weight excluding hydrogens is 282 g/mol. The largest absolute Gasteiger partial charge is 0.561 e. The van der Waals surface area contributed by atoms with Crippen LogP contribution < -0.4 is 4.18 Å². The van der Waals surface area contributed by atoms with Crippen molar-refractivity contribution in [2.75, 3.05) is 0 Å². The molecule has 0 saturated heterocycles. The molecule has 1 aromatic carbocycles. The Morgan fingerprint density at radius 1 is 1.45 bits per heavy atom. The van der Waals surface area contributed by atoms with E-state index in [1.165, 1.54) is 0 Å². The van der Waals surface area contributed by atoms with E-state index >= 15 is 0 Å². The van der Waals surface area contributed by atoms with E-state index in [1.54, 1.807) is 31.2 Å². The Morgan fingerprint density at radius 3 is 2.65 bits per heavy atom. The number of nitrogens with zero attached hydrogens (tertiary/aromatic N) is 1. The highest BCUT2D eigenvalue weighted by atomic mass is 32.2. The van der Waals surface area contributed by atoms with Gasteiger partial charge in [0.15, 0.2) is 5.76 Å². The van der Waals surface area contributed by atoms with E-state index in [-0.39, 0.29) is 12.3 Å². The minimum absolute atomic E-state index is 0.157. The first-order chi connectivity index (χ1) is 9.45. The van der Waals surface area contributed by atoms with Crippen molar-refractivity contribution in [3.8, 4) is 17.1 Å². The second-order valence-electron chi connectivity index (χ2n) is 4.00. The van der Waals surface area contributed by atoms with Crippen LogP contribution in [-0.4, -0.2) is 21.9 Å². The molecule has 1 N–H and O–H groups in total. The average molecular weight is 294 g/mol. The third kappa shape index (κ3) is 3.39. The van der Waals surface area contributed by atoms with Crippen molar-refractivity contribution >= 4 is 22.5 Å². The van der Waals surface area contributed by atoms with Crippen molar-refractivity contribution in [2.24, 2.45) is 0 Å². The minimum atomic E-state index is -1.63. The van der Waals surface area contributed by atoms with Crippen LogP contribution in [0.25, 0.3) is 11.3 Å². The standard InChI is InChI=1S/C13H12NO5S/c1-8-13(18-11(14-8)7-12(15)16)9-3-5-10(6-4-9)19-20(2)17/h3-6H,2,7H2,1H3,(H,15,16)/q-1. The number of aromatic nitrogens is 1. The summed E-state index contributed by atoms with van der Waals surface area (Å²) in [4.78, 5) is 14.7. The summed E-state index contributed by atoms with van der Waals surface area (Å²) in [7, 11) is -1.63. The van der Waals surface area contributed by atoms with Gasteiger partial charge in [-0.05, 0) is 31.2 Å². The van der Waals surface area contributed by atoms with Gasteiger partial charge in [0, 0.05) is 5.56 Å². The molecule has 106 valence electrons. The predicted molar refractivity (Wildman–Crippen MR) is 73.8 cm³/mol. The van der Waals surface area contributed by atoms with E-state index in [9.17, 15) is 9.00 Å². The molecule has 1 heterocycles. The van der Waals surface area contributed by atoms with Crippen molar-refractivity contribution in [1.82, 2.24) is 4.98 Å². The maximum absolute atomic E-state index is 10.8. The average Bonchev–Trinajstić information content (AvgIpc) is 2.69. The number of benzene rings is 1. The number of hydrogen-bond donors (Lipinski definition) is 1. The van der Waals surface area contributed by atoms with Crippen LogP contribution in [0.2, 0.25) is 0 Å². The molecule has 0 spiro atoms. The SMILES string of the molecule is C=[S-](=O)Oc1ccc(-c2oc(CC(=O)O)nc2C)cc1. The van der Waals surface area contributed by atoms with Gasteiger partial charge in [-0.2, -0.15) is 5.87 Å². The molecule has 0 saturated carbocycles. The first-order valence-electron chi connectivity index (χ1n) is 5.64. The molecule has 0 aliphatic heterocycles. The molecule has 2 aromatic rings. The molecule has 0 amide bonds. The summed E-state index contributed by atoms with van der Waals surface area (Å²) in [6.45, 7) is 1.74. The summed E-state index contributed by atoms with van der Waals surface area (Å²) in [6.07, 6.45) is -0.261. The first kappa shape index (κ1) is 14.1. The zero-order chi connectivity index (χ0) is 14.7. The number of rotatable bonds is 5. The summed E-state index contributed by atoms with van der Waals surface area (Å²) in [5.41, 5.74) is 1.34. The van der Waals surface area contributed by atoms with Crippen LogP contribution in [0.3, 0.4) is 0 Å². The van der Waals surface area contributed by atoms with Crippen molar-refractivity contribution in [3.05, 3.63) is 35.9 Å². The van der Waals surface area contributed by atoms with E-state index in [2.05, 4.69) is 10.9 Å². The first-order valence-corrected chi connectivity index (χ1v) is 6.88. The number of aryl methyl sites for hydroxylation is 1. The Hall–Kier alpha value is -2.28. The number of carboxylic acids is 1. The van der Waals surface area contributed by atoms with Gasteiger partial charge >= 0.3 is 5.97 Å². The van der Waals surface area contributed by atoms with Crippen molar-refractivity contribution in [1.29, 1.82) is 0 Å². The third-order valence-electron chi connectivity index (χ3n) is 2.45. The lowest BCUT2D eigenvalue weighted by atomic mass is 10.1. The van der Waals surface area contributed by atoms with Crippen molar-refractivity contribution in [2.45, 2.75) is 13.3 Å². The lowest BCUT2D eigenvalue weighted by Crippen LogP contribution is -1.99. The molecule has 2 rings (SSSR count). The lowest BCUT2D eigenvalue weighted by molar-refractivity contribution is -0.136. The van der Waals surface area contributed by atoms with Gasteiger partial charge in [0.05, 0.1) is 11.4 Å². The van der Waals surface area contributed by atoms with E-state index < -0.39 is 16.6 Å². The summed E-state index contributed by atoms with van der Waals surface area (Å²) in [5, 5.41) is 8.71. The maximum Gasteiger partial charge on any atom is 0.312 e. The van der Waals surface area contributed by atoms with E-state index in [0.717, 1.165) is 5.56 Å². The van der Waals surface area contributed by atoms with E-state index in [1.807, 2.05) is 0 Å². The zero-order valence-electron chi connectivity index (χ0n) is 10.7. The van der Waals surface area contributed by atoms with Gasteiger partial charge < -0.3 is 17.9 Å². The topological polar surface area (TPSA) is 89.6 Å². The van der Waals surface area contributed by atoms with Crippen LogP contribution >= 0.6 is 0 Å². The van der Waals surface area contributed by atoms with Crippen LogP contribution in [0.15, 0.2) is 28.7 Å². The molecule has 20 heavy (non-hydrogen) atoms. The Labute approximate surface area is 117 Å². The summed E-state index contributed by atoms with van der Waals surface area (Å²) < 4.78 is 21.2. The van der Waals surface area contributed by atoms with Gasteiger partial charge in [-0.25, -0.2) is 4.98 Å². The predicted octanol–water partition coefficient (Wildman–Crippen LogP) is 1.97. The van der Waals surface area contributed by atoms with Crippen molar-refractivity contribution in [3.63, 3.8) is 0 Å². The fourth-order valence-electron chi connectivity index (χ4n) is 1.69. The van der Waals surface area contributed by atoms with Crippen LogP contribution in [0.4, 0.5) is 0 Å². The molecule has 0 aliphatic rings.